The summed E-state index contributed by atoms with van der Waals surface area (Å²) in [7, 11) is 1.60. The maximum Gasteiger partial charge on any atom is 0.224 e. The summed E-state index contributed by atoms with van der Waals surface area (Å²) in [4.78, 5) is 25.1. The van der Waals surface area contributed by atoms with Crippen LogP contribution in [0.5, 0.6) is 5.75 Å². The summed E-state index contributed by atoms with van der Waals surface area (Å²) in [6, 6.07) is 11.6. The van der Waals surface area contributed by atoms with Crippen molar-refractivity contribution in [3.8, 4) is 5.75 Å². The molecule has 4 rings (SSSR count). The molecule has 1 aliphatic rings. The second kappa shape index (κ2) is 14.3. The van der Waals surface area contributed by atoms with Crippen LogP contribution in [0.1, 0.15) is 84.0 Å². The number of fused-ring (bicyclic) bond motifs is 3. The lowest BCUT2D eigenvalue weighted by atomic mass is 9.89. The highest BCUT2D eigenvalue weighted by Gasteiger charge is 2.32. The first kappa shape index (κ1) is 28.9. The number of allylic oxidation sites excluding steroid dienone is 1. The molecule has 1 aliphatic carbocycles. The van der Waals surface area contributed by atoms with E-state index in [-0.39, 0.29) is 17.7 Å². The largest absolute Gasteiger partial charge is 0.495 e. The number of ether oxygens (including phenoxy) is 1. The fraction of sp³-hybridized carbons (Fsp3) is 0.515. The Hall–Kier alpha value is -3.12. The van der Waals surface area contributed by atoms with Crippen LogP contribution in [-0.2, 0) is 9.59 Å². The molecule has 0 radical (unpaired) electrons. The molecule has 3 aromatic rings. The fourth-order valence-electron chi connectivity index (χ4n) is 5.74. The molecule has 1 heterocycles. The molecular formula is C33H43NO5. The lowest BCUT2D eigenvalue weighted by molar-refractivity contribution is -0.121. The number of Topliss-reactive ketones (excluding diaryl/α,β-unsaturated/α-hetero) is 1. The maximum atomic E-state index is 12.7. The number of methoxy groups -OCH3 is 1. The number of carbonyl (C=O) groups excluding carboxylic acids is 2. The van der Waals surface area contributed by atoms with Crippen molar-refractivity contribution in [1.29, 1.82) is 0 Å². The monoisotopic (exact) mass is 533 g/mol. The summed E-state index contributed by atoms with van der Waals surface area (Å²) in [5.74, 6) is 1.26. The molecule has 6 nitrogen and oxygen atoms in total. The minimum atomic E-state index is -0.403. The van der Waals surface area contributed by atoms with E-state index in [1.165, 1.54) is 0 Å². The van der Waals surface area contributed by atoms with Gasteiger partial charge in [0.1, 0.15) is 22.7 Å². The van der Waals surface area contributed by atoms with Crippen molar-refractivity contribution in [1.82, 2.24) is 0 Å². The summed E-state index contributed by atoms with van der Waals surface area (Å²) in [6.45, 7) is 2.16. The quantitative estimate of drug-likeness (QED) is 0.153. The van der Waals surface area contributed by atoms with E-state index in [9.17, 15) is 14.7 Å². The number of aliphatic hydroxyl groups excluding tert-OH is 1. The smallest absolute Gasteiger partial charge is 0.224 e. The topological polar surface area (TPSA) is 88.8 Å². The van der Waals surface area contributed by atoms with E-state index in [2.05, 4.69) is 18.3 Å². The van der Waals surface area contributed by atoms with E-state index in [0.717, 1.165) is 80.6 Å². The molecular weight excluding hydrogens is 490 g/mol. The Kier molecular flexibility index (Phi) is 10.6. The van der Waals surface area contributed by atoms with Crippen molar-refractivity contribution in [3.63, 3.8) is 0 Å². The van der Waals surface area contributed by atoms with E-state index < -0.39 is 6.10 Å². The molecule has 2 aromatic carbocycles. The lowest BCUT2D eigenvalue weighted by Gasteiger charge is -2.15. The number of hydrogen-bond acceptors (Lipinski definition) is 5. The van der Waals surface area contributed by atoms with Gasteiger partial charge in [0.05, 0.1) is 18.9 Å². The van der Waals surface area contributed by atoms with Crippen molar-refractivity contribution in [2.45, 2.75) is 90.1 Å². The Morgan fingerprint density at radius 2 is 1.92 bits per heavy atom. The van der Waals surface area contributed by atoms with Gasteiger partial charge in [-0.25, -0.2) is 0 Å². The summed E-state index contributed by atoms with van der Waals surface area (Å²) >= 11 is 0. The summed E-state index contributed by atoms with van der Waals surface area (Å²) in [6.07, 6.45) is 14.3. The van der Waals surface area contributed by atoms with Crippen LogP contribution in [0.4, 0.5) is 5.69 Å². The van der Waals surface area contributed by atoms with Gasteiger partial charge in [-0.2, -0.15) is 0 Å². The van der Waals surface area contributed by atoms with Crippen LogP contribution in [0.25, 0.3) is 21.9 Å². The van der Waals surface area contributed by atoms with E-state index in [1.54, 1.807) is 7.11 Å². The third-order valence-electron chi connectivity index (χ3n) is 7.98. The van der Waals surface area contributed by atoms with Gasteiger partial charge in [0.2, 0.25) is 5.91 Å². The minimum absolute atomic E-state index is 0.0440. The van der Waals surface area contributed by atoms with Crippen LogP contribution in [0.3, 0.4) is 0 Å². The number of aliphatic hydroxyl groups is 1. The predicted octanol–water partition coefficient (Wildman–Crippen LogP) is 7.97. The first-order chi connectivity index (χ1) is 19.0. The van der Waals surface area contributed by atoms with Gasteiger partial charge >= 0.3 is 0 Å². The Bertz CT molecular complexity index is 1280. The van der Waals surface area contributed by atoms with Crippen molar-refractivity contribution in [2.24, 2.45) is 11.8 Å². The average molecular weight is 534 g/mol. The third kappa shape index (κ3) is 7.72. The number of nitrogens with one attached hydrogen (secondary N) is 1. The van der Waals surface area contributed by atoms with Gasteiger partial charge in [-0.15, -0.1) is 0 Å². The fourth-order valence-corrected chi connectivity index (χ4v) is 5.74. The second-order valence-corrected chi connectivity index (χ2v) is 10.9. The Morgan fingerprint density at radius 3 is 2.74 bits per heavy atom. The third-order valence-corrected chi connectivity index (χ3v) is 7.98. The van der Waals surface area contributed by atoms with Gasteiger partial charge in [0.25, 0.3) is 0 Å². The number of amides is 1. The zero-order chi connectivity index (χ0) is 27.6. The van der Waals surface area contributed by atoms with Crippen molar-refractivity contribution in [2.75, 3.05) is 12.4 Å². The highest BCUT2D eigenvalue weighted by Crippen LogP contribution is 2.37. The number of rotatable bonds is 15. The lowest BCUT2D eigenvalue weighted by Crippen LogP contribution is -2.14. The number of unbranched alkanes of at least 4 members (excludes halogenated alkanes) is 5. The molecule has 6 heteroatoms. The first-order valence-corrected chi connectivity index (χ1v) is 14.7. The molecule has 1 aromatic heterocycles. The van der Waals surface area contributed by atoms with Gasteiger partial charge in [0, 0.05) is 35.6 Å². The van der Waals surface area contributed by atoms with Crippen molar-refractivity contribution >= 4 is 39.3 Å². The van der Waals surface area contributed by atoms with Gasteiger partial charge in [0.15, 0.2) is 0 Å². The molecule has 1 saturated carbocycles. The van der Waals surface area contributed by atoms with E-state index in [1.807, 2.05) is 42.5 Å². The molecule has 1 amide bonds. The molecule has 0 spiro atoms. The molecule has 3 atom stereocenters. The van der Waals surface area contributed by atoms with Crippen LogP contribution in [-0.4, -0.2) is 30.0 Å². The second-order valence-electron chi connectivity index (χ2n) is 10.9. The van der Waals surface area contributed by atoms with Crippen LogP contribution in [0.15, 0.2) is 53.0 Å². The van der Waals surface area contributed by atoms with Gasteiger partial charge in [-0.05, 0) is 43.7 Å². The normalized spacial score (nSPS) is 18.4. The molecule has 210 valence electrons. The number of carbonyl (C=O) groups is 2. The zero-order valence-electron chi connectivity index (χ0n) is 23.4. The Balaban J connectivity index is 1.19. The van der Waals surface area contributed by atoms with Crippen LogP contribution in [0, 0.1) is 11.8 Å². The average Bonchev–Trinajstić information content (AvgIpc) is 3.48. The maximum absolute atomic E-state index is 12.7. The van der Waals surface area contributed by atoms with Crippen LogP contribution < -0.4 is 10.1 Å². The molecule has 0 saturated heterocycles. The molecule has 39 heavy (non-hydrogen) atoms. The van der Waals surface area contributed by atoms with E-state index in [0.29, 0.717) is 35.6 Å². The van der Waals surface area contributed by atoms with Gasteiger partial charge in [-0.1, -0.05) is 75.8 Å². The number of hydrogen-bond donors (Lipinski definition) is 2. The molecule has 0 aliphatic heterocycles. The number of ketones is 1. The van der Waals surface area contributed by atoms with Crippen molar-refractivity contribution in [3.05, 3.63) is 48.6 Å². The Morgan fingerprint density at radius 1 is 1.10 bits per heavy atom. The highest BCUT2D eigenvalue weighted by atomic mass is 16.5. The number of furan rings is 1. The number of anilines is 1. The Labute approximate surface area is 231 Å². The highest BCUT2D eigenvalue weighted by molar-refractivity contribution is 6.07. The van der Waals surface area contributed by atoms with E-state index >= 15 is 0 Å². The molecule has 0 bridgehead atoms. The summed E-state index contributed by atoms with van der Waals surface area (Å²) in [5, 5.41) is 15.2. The predicted molar refractivity (Wildman–Crippen MR) is 157 cm³/mol. The van der Waals surface area contributed by atoms with Gasteiger partial charge in [-0.3, -0.25) is 9.59 Å². The van der Waals surface area contributed by atoms with Crippen molar-refractivity contribution < 1.29 is 23.8 Å². The van der Waals surface area contributed by atoms with Crippen LogP contribution >= 0.6 is 0 Å². The zero-order valence-corrected chi connectivity index (χ0v) is 23.4. The van der Waals surface area contributed by atoms with Gasteiger partial charge < -0.3 is 19.6 Å². The summed E-state index contributed by atoms with van der Waals surface area (Å²) < 4.78 is 11.5. The van der Waals surface area contributed by atoms with Crippen LogP contribution in [0.2, 0.25) is 0 Å². The van der Waals surface area contributed by atoms with E-state index in [4.69, 9.17) is 9.15 Å². The first-order valence-electron chi connectivity index (χ1n) is 14.7. The summed E-state index contributed by atoms with van der Waals surface area (Å²) in [5.41, 5.74) is 2.14. The molecule has 1 fully saturated rings. The molecule has 2 N–H and O–H groups in total. The minimum Gasteiger partial charge on any atom is -0.495 e. The number of para-hydroxylation sites is 1. The standard InChI is InChI=1S/C33H43NO5/c1-3-4-7-12-24(35)19-17-23-18-20-29(36)25(23)13-8-5-6-9-16-33(37)34-28-22-31-27(21-32(28)38-2)26-14-10-11-15-30(26)39-31/h10-11,14-15,17,19,21-25,35H,3-9,12-13,16,18,20H2,1-2H3,(H,34,37). The SMILES string of the molecule is CCCCCC(O)C=CC1CCC(=O)C1CCCCCCC(=O)Nc1cc2oc3ccccc3c2cc1OC. The number of benzene rings is 2. The molecule has 3 unspecified atom stereocenters.